The molecular formula is C25H20Cl2N2O5. The lowest BCUT2D eigenvalue weighted by Crippen LogP contribution is -2.45. The average molecular weight is 499 g/mol. The topological polar surface area (TPSA) is 105 Å². The van der Waals surface area contributed by atoms with Gasteiger partial charge in [-0.15, -0.1) is 0 Å². The van der Waals surface area contributed by atoms with Crippen LogP contribution in [0.3, 0.4) is 0 Å². The molecule has 3 aromatic rings. The number of carboxylic acid groups (broad SMARTS) is 1. The second kappa shape index (κ2) is 10.2. The molecule has 7 nitrogen and oxygen atoms in total. The molecule has 0 aliphatic heterocycles. The lowest BCUT2D eigenvalue weighted by atomic mass is 9.98. The van der Waals surface area contributed by atoms with Crippen molar-refractivity contribution in [1.82, 2.24) is 5.32 Å². The number of hydrogen-bond donors (Lipinski definition) is 3. The van der Waals surface area contributed by atoms with Gasteiger partial charge in [-0.2, -0.15) is 0 Å². The van der Waals surface area contributed by atoms with Gasteiger partial charge < -0.3 is 20.5 Å². The summed E-state index contributed by atoms with van der Waals surface area (Å²) >= 11 is 12.0. The number of hydrogen-bond acceptors (Lipinski definition) is 4. The molecular weight excluding hydrogens is 479 g/mol. The Balaban J connectivity index is 1.44. The molecule has 0 heterocycles. The minimum Gasteiger partial charge on any atom is -0.481 e. The molecule has 2 amide bonds. The zero-order valence-corrected chi connectivity index (χ0v) is 19.3. The second-order valence-electron chi connectivity index (χ2n) is 7.71. The van der Waals surface area contributed by atoms with Crippen molar-refractivity contribution in [3.8, 4) is 11.1 Å². The molecule has 0 fully saturated rings. The predicted octanol–water partition coefficient (Wildman–Crippen LogP) is 5.31. The molecule has 0 saturated heterocycles. The summed E-state index contributed by atoms with van der Waals surface area (Å²) in [5.74, 6) is -2.20. The number of carbonyl (C=O) groups excluding carboxylic acids is 2. The number of fused-ring (bicyclic) bond motifs is 3. The third-order valence-electron chi connectivity index (χ3n) is 5.54. The van der Waals surface area contributed by atoms with Crippen molar-refractivity contribution in [3.63, 3.8) is 0 Å². The Morgan fingerprint density at radius 3 is 2.15 bits per heavy atom. The number of alkyl carbamates (subject to hydrolysis) is 1. The van der Waals surface area contributed by atoms with E-state index >= 15 is 0 Å². The zero-order chi connectivity index (χ0) is 24.2. The van der Waals surface area contributed by atoms with Crippen LogP contribution in [0.2, 0.25) is 10.0 Å². The number of ether oxygens (including phenoxy) is 1. The fourth-order valence-electron chi connectivity index (χ4n) is 3.99. The quantitative estimate of drug-likeness (QED) is 0.409. The number of anilines is 1. The summed E-state index contributed by atoms with van der Waals surface area (Å²) in [6, 6.07) is 19.0. The third kappa shape index (κ3) is 5.00. The average Bonchev–Trinajstić information content (AvgIpc) is 3.14. The van der Waals surface area contributed by atoms with Gasteiger partial charge in [0, 0.05) is 5.92 Å². The van der Waals surface area contributed by atoms with Gasteiger partial charge in [-0.1, -0.05) is 77.8 Å². The second-order valence-corrected chi connectivity index (χ2v) is 8.50. The van der Waals surface area contributed by atoms with E-state index < -0.39 is 30.4 Å². The molecule has 0 radical (unpaired) electrons. The molecule has 0 saturated carbocycles. The van der Waals surface area contributed by atoms with Crippen LogP contribution in [0.25, 0.3) is 11.1 Å². The van der Waals surface area contributed by atoms with Crippen LogP contribution >= 0.6 is 23.2 Å². The van der Waals surface area contributed by atoms with Crippen molar-refractivity contribution < 1.29 is 24.2 Å². The molecule has 1 atom stereocenters. The SMILES string of the molecule is O=C(O)CC(NC(=O)OCC1c2ccccc2-c2ccccc21)C(=O)Nc1cccc(Cl)c1Cl. The van der Waals surface area contributed by atoms with Gasteiger partial charge in [-0.25, -0.2) is 4.79 Å². The van der Waals surface area contributed by atoms with Crippen molar-refractivity contribution >= 4 is 46.9 Å². The predicted molar refractivity (Wildman–Crippen MR) is 129 cm³/mol. The minimum absolute atomic E-state index is 0.0292. The Bertz CT molecular complexity index is 1220. The lowest BCUT2D eigenvalue weighted by Gasteiger charge is -2.19. The third-order valence-corrected chi connectivity index (χ3v) is 6.36. The maximum Gasteiger partial charge on any atom is 0.407 e. The van der Waals surface area contributed by atoms with Gasteiger partial charge in [0.1, 0.15) is 12.6 Å². The summed E-state index contributed by atoms with van der Waals surface area (Å²) in [4.78, 5) is 36.5. The first-order chi connectivity index (χ1) is 16.3. The van der Waals surface area contributed by atoms with Gasteiger partial charge in [0.25, 0.3) is 0 Å². The van der Waals surface area contributed by atoms with Gasteiger partial charge in [0.15, 0.2) is 0 Å². The summed E-state index contributed by atoms with van der Waals surface area (Å²) < 4.78 is 5.42. The molecule has 9 heteroatoms. The lowest BCUT2D eigenvalue weighted by molar-refractivity contribution is -0.139. The van der Waals surface area contributed by atoms with Crippen LogP contribution in [0.1, 0.15) is 23.5 Å². The van der Waals surface area contributed by atoms with Crippen molar-refractivity contribution in [2.24, 2.45) is 0 Å². The van der Waals surface area contributed by atoms with Crippen molar-refractivity contribution in [2.75, 3.05) is 11.9 Å². The van der Waals surface area contributed by atoms with Crippen LogP contribution in [0.15, 0.2) is 66.7 Å². The van der Waals surface area contributed by atoms with Crippen LogP contribution in [0, 0.1) is 0 Å². The smallest absolute Gasteiger partial charge is 0.407 e. The summed E-state index contributed by atoms with van der Waals surface area (Å²) in [5, 5.41) is 14.4. The first-order valence-corrected chi connectivity index (χ1v) is 11.2. The van der Waals surface area contributed by atoms with E-state index in [0.717, 1.165) is 22.3 Å². The number of carboxylic acids is 1. The van der Waals surface area contributed by atoms with E-state index in [9.17, 15) is 19.5 Å². The van der Waals surface area contributed by atoms with E-state index in [4.69, 9.17) is 27.9 Å². The van der Waals surface area contributed by atoms with Gasteiger partial charge in [0.05, 0.1) is 22.2 Å². The van der Waals surface area contributed by atoms with E-state index in [1.807, 2.05) is 48.5 Å². The van der Waals surface area contributed by atoms with Gasteiger partial charge in [-0.05, 0) is 34.4 Å². The highest BCUT2D eigenvalue weighted by atomic mass is 35.5. The summed E-state index contributed by atoms with van der Waals surface area (Å²) in [6.07, 6.45) is -1.55. The number of benzene rings is 3. The Morgan fingerprint density at radius 2 is 1.53 bits per heavy atom. The van der Waals surface area contributed by atoms with Crippen molar-refractivity contribution in [2.45, 2.75) is 18.4 Å². The number of carbonyl (C=O) groups is 3. The van der Waals surface area contributed by atoms with Crippen LogP contribution in [-0.4, -0.2) is 35.7 Å². The molecule has 0 bridgehead atoms. The fourth-order valence-corrected chi connectivity index (χ4v) is 4.33. The summed E-state index contributed by atoms with van der Waals surface area (Å²) in [6.45, 7) is 0.0292. The molecule has 1 unspecified atom stereocenters. The molecule has 3 aromatic carbocycles. The van der Waals surface area contributed by atoms with Crippen LogP contribution in [-0.2, 0) is 14.3 Å². The highest BCUT2D eigenvalue weighted by Crippen LogP contribution is 2.44. The number of rotatable bonds is 7. The Morgan fingerprint density at radius 1 is 0.912 bits per heavy atom. The van der Waals surface area contributed by atoms with E-state index in [2.05, 4.69) is 10.6 Å². The van der Waals surface area contributed by atoms with Crippen LogP contribution in [0.4, 0.5) is 10.5 Å². The summed E-state index contributed by atoms with van der Waals surface area (Å²) in [7, 11) is 0. The number of nitrogens with one attached hydrogen (secondary N) is 2. The molecule has 0 aromatic heterocycles. The number of amides is 2. The molecule has 3 N–H and O–H groups in total. The number of aliphatic carboxylic acids is 1. The molecule has 4 rings (SSSR count). The first kappa shape index (κ1) is 23.6. The summed E-state index contributed by atoms with van der Waals surface area (Å²) in [5.41, 5.74) is 4.42. The zero-order valence-electron chi connectivity index (χ0n) is 17.8. The molecule has 174 valence electrons. The Kier molecular flexibility index (Phi) is 7.05. The minimum atomic E-state index is -1.39. The molecule has 1 aliphatic rings. The van der Waals surface area contributed by atoms with E-state index in [1.165, 1.54) is 6.07 Å². The highest BCUT2D eigenvalue weighted by molar-refractivity contribution is 6.44. The van der Waals surface area contributed by atoms with Gasteiger partial charge >= 0.3 is 12.1 Å². The van der Waals surface area contributed by atoms with Crippen LogP contribution in [0.5, 0.6) is 0 Å². The molecule has 1 aliphatic carbocycles. The van der Waals surface area contributed by atoms with Gasteiger partial charge in [-0.3, -0.25) is 9.59 Å². The van der Waals surface area contributed by atoms with E-state index in [-0.39, 0.29) is 28.3 Å². The van der Waals surface area contributed by atoms with Crippen molar-refractivity contribution in [3.05, 3.63) is 87.9 Å². The number of halogens is 2. The maximum atomic E-state index is 12.7. The Labute approximate surface area is 205 Å². The van der Waals surface area contributed by atoms with Gasteiger partial charge in [0.2, 0.25) is 5.91 Å². The molecule has 34 heavy (non-hydrogen) atoms. The Hall–Kier alpha value is -3.55. The van der Waals surface area contributed by atoms with Crippen molar-refractivity contribution in [1.29, 1.82) is 0 Å². The first-order valence-electron chi connectivity index (χ1n) is 10.4. The van der Waals surface area contributed by atoms with Crippen LogP contribution < -0.4 is 10.6 Å². The monoisotopic (exact) mass is 498 g/mol. The van der Waals surface area contributed by atoms with E-state index in [0.29, 0.717) is 0 Å². The normalized spacial score (nSPS) is 12.9. The largest absolute Gasteiger partial charge is 0.481 e. The standard InChI is InChI=1S/C25H20Cl2N2O5/c26-19-10-5-11-20(23(19)27)28-24(32)21(12-22(30)31)29-25(33)34-13-18-16-8-3-1-6-14(16)15-7-2-4-9-17(15)18/h1-11,18,21H,12-13H2,(H,28,32)(H,29,33)(H,30,31). The fraction of sp³-hybridized carbons (Fsp3) is 0.160. The molecule has 0 spiro atoms. The van der Waals surface area contributed by atoms with E-state index in [1.54, 1.807) is 12.1 Å². The highest BCUT2D eigenvalue weighted by Gasteiger charge is 2.30. The maximum absolute atomic E-state index is 12.7.